The first kappa shape index (κ1) is 16.3. The van der Waals surface area contributed by atoms with Crippen LogP contribution in [0.5, 0.6) is 0 Å². The topological polar surface area (TPSA) is 49.8 Å². The van der Waals surface area contributed by atoms with Crippen LogP contribution in [-0.2, 0) is 0 Å². The molecular weight excluding hydrogens is 284 g/mol. The zero-order chi connectivity index (χ0) is 15.3. The summed E-state index contributed by atoms with van der Waals surface area (Å²) in [7, 11) is 0. The molecule has 0 spiro atoms. The molecule has 1 aliphatic rings. The van der Waals surface area contributed by atoms with Crippen molar-refractivity contribution in [3.8, 4) is 0 Å². The quantitative estimate of drug-likeness (QED) is 0.774. The van der Waals surface area contributed by atoms with E-state index in [0.717, 1.165) is 24.8 Å². The molecule has 1 saturated carbocycles. The molecule has 0 atom stereocenters. The molecule has 4 nitrogen and oxygen atoms in total. The first-order valence-corrected chi connectivity index (χ1v) is 8.43. The number of rotatable bonds is 7. The lowest BCUT2D eigenvalue weighted by Gasteiger charge is -2.31. The van der Waals surface area contributed by atoms with Crippen molar-refractivity contribution in [3.63, 3.8) is 0 Å². The highest BCUT2D eigenvalue weighted by atomic mass is 35.5. The fraction of sp³-hybridized carbons (Fsp3) is 0.750. The van der Waals surface area contributed by atoms with E-state index in [1.54, 1.807) is 6.20 Å². The summed E-state index contributed by atoms with van der Waals surface area (Å²) < 4.78 is 0. The summed E-state index contributed by atoms with van der Waals surface area (Å²) in [5, 5.41) is 7.19. The van der Waals surface area contributed by atoms with Crippen molar-refractivity contribution < 1.29 is 0 Å². The highest BCUT2D eigenvalue weighted by Gasteiger charge is 2.34. The average molecular weight is 311 g/mol. The predicted octanol–water partition coefficient (Wildman–Crippen LogP) is 4.58. The Morgan fingerprint density at radius 3 is 2.62 bits per heavy atom. The summed E-state index contributed by atoms with van der Waals surface area (Å²) in [6, 6.07) is 0. The predicted molar refractivity (Wildman–Crippen MR) is 90.1 cm³/mol. The Kier molecular flexibility index (Phi) is 5.68. The fourth-order valence-corrected chi connectivity index (χ4v) is 3.61. The van der Waals surface area contributed by atoms with Crippen LogP contribution >= 0.6 is 11.6 Å². The molecule has 0 amide bonds. The second kappa shape index (κ2) is 7.30. The maximum Gasteiger partial charge on any atom is 0.224 e. The molecule has 21 heavy (non-hydrogen) atoms. The summed E-state index contributed by atoms with van der Waals surface area (Å²) in [6.07, 6.45) is 8.23. The van der Waals surface area contributed by atoms with E-state index < -0.39 is 0 Å². The van der Waals surface area contributed by atoms with E-state index >= 15 is 0 Å². The lowest BCUT2D eigenvalue weighted by Crippen LogP contribution is -2.29. The van der Waals surface area contributed by atoms with Crippen LogP contribution in [0.4, 0.5) is 11.8 Å². The smallest absolute Gasteiger partial charge is 0.224 e. The van der Waals surface area contributed by atoms with Crippen LogP contribution in [0.15, 0.2) is 6.20 Å². The zero-order valence-electron chi connectivity index (χ0n) is 13.4. The lowest BCUT2D eigenvalue weighted by molar-refractivity contribution is 0.252. The maximum atomic E-state index is 6.22. The standard InChI is InChI=1S/C16H27ClN4/c1-4-18-15-19-10-13(17)14(21-15)20-11-16(9-12(2)3)7-5-6-8-16/h10,12H,4-9,11H2,1-3H3,(H2,18,19,20,21). The first-order chi connectivity index (χ1) is 10.0. The zero-order valence-corrected chi connectivity index (χ0v) is 14.1. The first-order valence-electron chi connectivity index (χ1n) is 8.05. The number of hydrogen-bond donors (Lipinski definition) is 2. The Morgan fingerprint density at radius 1 is 1.29 bits per heavy atom. The molecule has 0 bridgehead atoms. The number of halogens is 1. The van der Waals surface area contributed by atoms with Crippen LogP contribution in [0.1, 0.15) is 52.9 Å². The summed E-state index contributed by atoms with van der Waals surface area (Å²) in [6.45, 7) is 8.40. The second-order valence-electron chi connectivity index (χ2n) is 6.58. The van der Waals surface area contributed by atoms with Gasteiger partial charge >= 0.3 is 0 Å². The van der Waals surface area contributed by atoms with E-state index in [1.165, 1.54) is 32.1 Å². The van der Waals surface area contributed by atoms with Gasteiger partial charge < -0.3 is 10.6 Å². The van der Waals surface area contributed by atoms with Crippen LogP contribution in [0.2, 0.25) is 5.02 Å². The Labute approximate surface area is 133 Å². The van der Waals surface area contributed by atoms with Crippen molar-refractivity contribution in [2.75, 3.05) is 23.7 Å². The molecule has 2 rings (SSSR count). The molecule has 1 fully saturated rings. The van der Waals surface area contributed by atoms with Crippen LogP contribution in [0.25, 0.3) is 0 Å². The van der Waals surface area contributed by atoms with Crippen LogP contribution in [-0.4, -0.2) is 23.1 Å². The third-order valence-corrected chi connectivity index (χ3v) is 4.49. The van der Waals surface area contributed by atoms with E-state index in [2.05, 4.69) is 34.4 Å². The third kappa shape index (κ3) is 4.47. The van der Waals surface area contributed by atoms with Gasteiger partial charge in [-0.15, -0.1) is 0 Å². The van der Waals surface area contributed by atoms with Crippen LogP contribution in [0.3, 0.4) is 0 Å². The van der Waals surface area contributed by atoms with E-state index in [9.17, 15) is 0 Å². The van der Waals surface area contributed by atoms with Crippen molar-refractivity contribution in [2.45, 2.75) is 52.9 Å². The van der Waals surface area contributed by atoms with Gasteiger partial charge in [0.2, 0.25) is 5.95 Å². The molecule has 1 aliphatic carbocycles. The Balaban J connectivity index is 2.05. The minimum absolute atomic E-state index is 0.404. The molecular formula is C16H27ClN4. The molecule has 118 valence electrons. The highest BCUT2D eigenvalue weighted by Crippen LogP contribution is 2.43. The van der Waals surface area contributed by atoms with E-state index in [4.69, 9.17) is 11.6 Å². The van der Waals surface area contributed by atoms with Gasteiger partial charge in [0.25, 0.3) is 0 Å². The van der Waals surface area contributed by atoms with Gasteiger partial charge in [-0.25, -0.2) is 4.98 Å². The van der Waals surface area contributed by atoms with Crippen LogP contribution < -0.4 is 10.6 Å². The highest BCUT2D eigenvalue weighted by molar-refractivity contribution is 6.32. The normalized spacial score (nSPS) is 17.2. The third-order valence-electron chi connectivity index (χ3n) is 4.22. The van der Waals surface area contributed by atoms with E-state index in [-0.39, 0.29) is 0 Å². The van der Waals surface area contributed by atoms with Crippen molar-refractivity contribution >= 4 is 23.4 Å². The van der Waals surface area contributed by atoms with Crippen LogP contribution in [0, 0.1) is 11.3 Å². The number of nitrogens with one attached hydrogen (secondary N) is 2. The van der Waals surface area contributed by atoms with Crippen molar-refractivity contribution in [1.29, 1.82) is 0 Å². The molecule has 2 N–H and O–H groups in total. The molecule has 0 aliphatic heterocycles. The van der Waals surface area contributed by atoms with Crippen molar-refractivity contribution in [3.05, 3.63) is 11.2 Å². The number of hydrogen-bond acceptors (Lipinski definition) is 4. The van der Waals surface area contributed by atoms with Gasteiger partial charge in [0.1, 0.15) is 5.02 Å². The SMILES string of the molecule is CCNc1ncc(Cl)c(NCC2(CC(C)C)CCCC2)n1. The van der Waals surface area contributed by atoms with E-state index in [0.29, 0.717) is 16.4 Å². The Hall–Kier alpha value is -1.03. The summed E-state index contributed by atoms with van der Waals surface area (Å²) >= 11 is 6.22. The minimum atomic E-state index is 0.404. The molecule has 0 saturated heterocycles. The Morgan fingerprint density at radius 2 is 2.00 bits per heavy atom. The monoisotopic (exact) mass is 310 g/mol. The molecule has 1 aromatic rings. The average Bonchev–Trinajstić information content (AvgIpc) is 2.88. The number of anilines is 2. The molecule has 1 heterocycles. The largest absolute Gasteiger partial charge is 0.368 e. The maximum absolute atomic E-state index is 6.22. The van der Waals surface area contributed by atoms with Gasteiger partial charge in [0, 0.05) is 13.1 Å². The van der Waals surface area contributed by atoms with Gasteiger partial charge in [-0.1, -0.05) is 38.3 Å². The van der Waals surface area contributed by atoms with Crippen molar-refractivity contribution in [1.82, 2.24) is 9.97 Å². The number of aromatic nitrogens is 2. The molecule has 0 radical (unpaired) electrons. The second-order valence-corrected chi connectivity index (χ2v) is 6.99. The molecule has 5 heteroatoms. The summed E-state index contributed by atoms with van der Waals surface area (Å²) in [4.78, 5) is 8.65. The van der Waals surface area contributed by atoms with Gasteiger partial charge in [0.15, 0.2) is 5.82 Å². The summed E-state index contributed by atoms with van der Waals surface area (Å²) in [5.74, 6) is 2.11. The van der Waals surface area contributed by atoms with Crippen molar-refractivity contribution in [2.24, 2.45) is 11.3 Å². The lowest BCUT2D eigenvalue weighted by atomic mass is 9.78. The van der Waals surface area contributed by atoms with E-state index in [1.807, 2.05) is 6.92 Å². The molecule has 0 unspecified atom stereocenters. The minimum Gasteiger partial charge on any atom is -0.368 e. The van der Waals surface area contributed by atoms with Gasteiger partial charge in [-0.3, -0.25) is 0 Å². The molecule has 0 aromatic carbocycles. The summed E-state index contributed by atoms with van der Waals surface area (Å²) in [5.41, 5.74) is 0.404. The van der Waals surface area contributed by atoms with Gasteiger partial charge in [0.05, 0.1) is 6.20 Å². The molecule has 1 aromatic heterocycles. The Bertz CT molecular complexity index is 456. The fourth-order valence-electron chi connectivity index (χ4n) is 3.45. The van der Waals surface area contributed by atoms with Gasteiger partial charge in [-0.2, -0.15) is 4.98 Å². The number of nitrogens with zero attached hydrogens (tertiary/aromatic N) is 2. The van der Waals surface area contributed by atoms with Gasteiger partial charge in [-0.05, 0) is 37.5 Å².